The van der Waals surface area contributed by atoms with Gasteiger partial charge in [-0.3, -0.25) is 0 Å². The average molecular weight is 179 g/mol. The summed E-state index contributed by atoms with van der Waals surface area (Å²) in [5.74, 6) is 1.22. The topological polar surface area (TPSA) is 43.8 Å². The molecule has 0 amide bonds. The largest absolute Gasteiger partial charge is 0.369 e. The molecular weight excluding hydrogens is 162 g/mol. The summed E-state index contributed by atoms with van der Waals surface area (Å²) in [5, 5.41) is 0. The fraction of sp³-hybridized carbons (Fsp3) is 0.700. The van der Waals surface area contributed by atoms with Crippen LogP contribution in [0.5, 0.6) is 0 Å². The van der Waals surface area contributed by atoms with Crippen LogP contribution in [0.3, 0.4) is 0 Å². The molecule has 13 heavy (non-hydrogen) atoms. The molecule has 1 fully saturated rings. The van der Waals surface area contributed by atoms with E-state index in [9.17, 15) is 0 Å². The van der Waals surface area contributed by atoms with Gasteiger partial charge in [-0.2, -0.15) is 0 Å². The summed E-state index contributed by atoms with van der Waals surface area (Å²) in [6, 6.07) is 0.638. The molecule has 0 saturated heterocycles. The minimum atomic E-state index is 0.519. The van der Waals surface area contributed by atoms with Gasteiger partial charge in [-0.05, 0) is 25.7 Å². The molecule has 0 atom stereocenters. The van der Waals surface area contributed by atoms with Gasteiger partial charge in [0, 0.05) is 11.7 Å². The van der Waals surface area contributed by atoms with E-state index in [4.69, 9.17) is 5.73 Å². The van der Waals surface area contributed by atoms with E-state index < -0.39 is 0 Å². The molecule has 0 bridgehead atoms. The molecular formula is C10H17N3. The van der Waals surface area contributed by atoms with Gasteiger partial charge in [0.1, 0.15) is 0 Å². The molecule has 1 aliphatic carbocycles. The van der Waals surface area contributed by atoms with Crippen molar-refractivity contribution >= 4 is 5.95 Å². The lowest BCUT2D eigenvalue weighted by atomic mass is 10.1. The van der Waals surface area contributed by atoms with Crippen molar-refractivity contribution in [2.75, 3.05) is 5.73 Å². The third kappa shape index (κ3) is 1.32. The van der Waals surface area contributed by atoms with E-state index in [1.54, 1.807) is 0 Å². The van der Waals surface area contributed by atoms with Crippen LogP contribution >= 0.6 is 0 Å². The van der Waals surface area contributed by atoms with Gasteiger partial charge in [-0.25, -0.2) is 4.98 Å². The summed E-state index contributed by atoms with van der Waals surface area (Å²) >= 11 is 0. The Morgan fingerprint density at radius 3 is 2.54 bits per heavy atom. The molecule has 1 aromatic heterocycles. The van der Waals surface area contributed by atoms with Crippen molar-refractivity contribution in [2.45, 2.75) is 45.6 Å². The van der Waals surface area contributed by atoms with Gasteiger partial charge in [0.15, 0.2) is 0 Å². The van der Waals surface area contributed by atoms with Crippen molar-refractivity contribution in [3.8, 4) is 0 Å². The first-order valence-corrected chi connectivity index (χ1v) is 4.95. The van der Waals surface area contributed by atoms with Gasteiger partial charge in [-0.15, -0.1) is 0 Å². The number of nitrogen functional groups attached to an aromatic ring is 1. The van der Waals surface area contributed by atoms with E-state index in [1.165, 1.54) is 18.5 Å². The molecule has 2 rings (SSSR count). The second-order valence-electron chi connectivity index (χ2n) is 4.20. The van der Waals surface area contributed by atoms with Gasteiger partial charge in [0.2, 0.25) is 5.95 Å². The molecule has 0 aromatic carbocycles. The number of rotatable bonds is 2. The summed E-state index contributed by atoms with van der Waals surface area (Å²) in [5.41, 5.74) is 8.29. The molecule has 1 saturated carbocycles. The Balaban J connectivity index is 2.49. The predicted molar refractivity (Wildman–Crippen MR) is 53.7 cm³/mol. The van der Waals surface area contributed by atoms with Crippen molar-refractivity contribution < 1.29 is 0 Å². The Hall–Kier alpha value is -0.990. The van der Waals surface area contributed by atoms with Crippen LogP contribution in [0, 0.1) is 6.92 Å². The zero-order valence-electron chi connectivity index (χ0n) is 8.54. The minimum absolute atomic E-state index is 0.519. The van der Waals surface area contributed by atoms with E-state index in [-0.39, 0.29) is 0 Å². The lowest BCUT2D eigenvalue weighted by molar-refractivity contribution is 0.662. The highest BCUT2D eigenvalue weighted by Gasteiger charge is 2.29. The molecule has 1 aliphatic rings. The van der Waals surface area contributed by atoms with Gasteiger partial charge in [-0.1, -0.05) is 13.8 Å². The van der Waals surface area contributed by atoms with E-state index in [0.29, 0.717) is 17.9 Å². The smallest absolute Gasteiger partial charge is 0.200 e. The number of nitrogens with zero attached hydrogens (tertiary/aromatic N) is 2. The van der Waals surface area contributed by atoms with Crippen molar-refractivity contribution in [2.24, 2.45) is 0 Å². The fourth-order valence-corrected chi connectivity index (χ4v) is 1.99. The summed E-state index contributed by atoms with van der Waals surface area (Å²) in [4.78, 5) is 4.33. The average Bonchev–Trinajstić information content (AvgIpc) is 2.77. The molecule has 2 N–H and O–H groups in total. The van der Waals surface area contributed by atoms with Gasteiger partial charge in [0.25, 0.3) is 0 Å². The van der Waals surface area contributed by atoms with Crippen molar-refractivity contribution in [3.63, 3.8) is 0 Å². The first kappa shape index (κ1) is 8.60. The second kappa shape index (κ2) is 2.76. The Bertz CT molecular complexity index is 299. The van der Waals surface area contributed by atoms with Crippen LogP contribution < -0.4 is 5.73 Å². The molecule has 3 heteroatoms. The van der Waals surface area contributed by atoms with E-state index in [1.807, 2.05) is 6.92 Å². The molecule has 0 radical (unpaired) electrons. The van der Waals surface area contributed by atoms with Crippen molar-refractivity contribution in [3.05, 3.63) is 11.4 Å². The maximum absolute atomic E-state index is 5.87. The standard InChI is InChI=1S/C10H17N3/c1-6(2)9-7(3)12-10(11)13(9)8-4-5-8/h6,8H,4-5H2,1-3H3,(H2,11,12). The van der Waals surface area contributed by atoms with Crippen LogP contribution in [0.2, 0.25) is 0 Å². The summed E-state index contributed by atoms with van der Waals surface area (Å²) in [7, 11) is 0. The van der Waals surface area contributed by atoms with Crippen LogP contribution in [0.15, 0.2) is 0 Å². The maximum Gasteiger partial charge on any atom is 0.200 e. The van der Waals surface area contributed by atoms with E-state index in [0.717, 1.165) is 5.69 Å². The number of imidazole rings is 1. The Labute approximate surface area is 79.0 Å². The second-order valence-corrected chi connectivity index (χ2v) is 4.20. The summed E-state index contributed by atoms with van der Waals surface area (Å²) in [6.45, 7) is 6.44. The number of aryl methyl sites for hydroxylation is 1. The predicted octanol–water partition coefficient (Wildman–Crippen LogP) is 2.23. The van der Waals surface area contributed by atoms with Crippen LogP contribution in [0.4, 0.5) is 5.95 Å². The summed E-state index contributed by atoms with van der Waals surface area (Å²) < 4.78 is 2.22. The Morgan fingerprint density at radius 2 is 2.08 bits per heavy atom. The maximum atomic E-state index is 5.87. The van der Waals surface area contributed by atoms with Gasteiger partial charge < -0.3 is 10.3 Å². The highest BCUT2D eigenvalue weighted by molar-refractivity contribution is 5.32. The number of anilines is 1. The first-order valence-electron chi connectivity index (χ1n) is 4.95. The lowest BCUT2D eigenvalue weighted by Gasteiger charge is -2.11. The fourth-order valence-electron chi connectivity index (χ4n) is 1.99. The van der Waals surface area contributed by atoms with Crippen LogP contribution in [-0.4, -0.2) is 9.55 Å². The van der Waals surface area contributed by atoms with Gasteiger partial charge in [0.05, 0.1) is 5.69 Å². The first-order chi connectivity index (χ1) is 6.11. The third-order valence-electron chi connectivity index (χ3n) is 2.62. The Kier molecular flexibility index (Phi) is 1.82. The van der Waals surface area contributed by atoms with Crippen LogP contribution in [0.1, 0.15) is 50.0 Å². The van der Waals surface area contributed by atoms with Crippen molar-refractivity contribution in [1.82, 2.24) is 9.55 Å². The molecule has 1 aromatic rings. The monoisotopic (exact) mass is 179 g/mol. The highest BCUT2D eigenvalue weighted by atomic mass is 15.2. The number of hydrogen-bond acceptors (Lipinski definition) is 2. The number of aromatic nitrogens is 2. The molecule has 0 spiro atoms. The highest BCUT2D eigenvalue weighted by Crippen LogP contribution is 2.40. The van der Waals surface area contributed by atoms with Crippen LogP contribution in [0.25, 0.3) is 0 Å². The van der Waals surface area contributed by atoms with Crippen molar-refractivity contribution in [1.29, 1.82) is 0 Å². The molecule has 72 valence electrons. The lowest BCUT2D eigenvalue weighted by Crippen LogP contribution is -2.06. The van der Waals surface area contributed by atoms with E-state index in [2.05, 4.69) is 23.4 Å². The quantitative estimate of drug-likeness (QED) is 0.756. The zero-order chi connectivity index (χ0) is 9.59. The Morgan fingerprint density at radius 1 is 1.46 bits per heavy atom. The SMILES string of the molecule is Cc1nc(N)n(C2CC2)c1C(C)C. The normalized spacial score (nSPS) is 16.9. The summed E-state index contributed by atoms with van der Waals surface area (Å²) in [6.07, 6.45) is 2.53. The number of hydrogen-bond donors (Lipinski definition) is 1. The molecule has 0 aliphatic heterocycles. The minimum Gasteiger partial charge on any atom is -0.369 e. The van der Waals surface area contributed by atoms with E-state index >= 15 is 0 Å². The molecule has 0 unspecified atom stereocenters. The molecule has 1 heterocycles. The number of nitrogens with two attached hydrogens (primary N) is 1. The third-order valence-corrected chi connectivity index (χ3v) is 2.62. The van der Waals surface area contributed by atoms with Crippen LogP contribution in [-0.2, 0) is 0 Å². The molecule has 3 nitrogen and oxygen atoms in total. The van der Waals surface area contributed by atoms with Gasteiger partial charge >= 0.3 is 0 Å². The zero-order valence-corrected chi connectivity index (χ0v) is 8.54.